The second kappa shape index (κ2) is 6.08. The molecule has 2 aromatic carbocycles. The minimum atomic E-state index is 0. The van der Waals surface area contributed by atoms with Crippen LogP contribution < -0.4 is 0 Å². The van der Waals surface area contributed by atoms with E-state index >= 15 is 0 Å². The van der Waals surface area contributed by atoms with Crippen molar-refractivity contribution in [1.82, 2.24) is 30.8 Å². The van der Waals surface area contributed by atoms with Crippen molar-refractivity contribution in [3.8, 4) is 0 Å². The fourth-order valence-corrected chi connectivity index (χ4v) is 1.57. The monoisotopic (exact) mass is 301 g/mol. The number of hydrogen-bond donors (Lipinski definition) is 2. The summed E-state index contributed by atoms with van der Waals surface area (Å²) < 4.78 is 0. The zero-order valence-electron chi connectivity index (χ0n) is 9.71. The summed E-state index contributed by atoms with van der Waals surface area (Å²) in [5.41, 5.74) is 3.66. The molecule has 2 heterocycles. The van der Waals surface area contributed by atoms with Crippen molar-refractivity contribution in [3.05, 3.63) is 48.5 Å². The number of benzene rings is 2. The van der Waals surface area contributed by atoms with Gasteiger partial charge in [-0.15, -0.1) is 0 Å². The van der Waals surface area contributed by atoms with Gasteiger partial charge in [0.25, 0.3) is 0 Å². The molecule has 19 heavy (non-hydrogen) atoms. The molecule has 0 unspecified atom stereocenters. The quantitative estimate of drug-likeness (QED) is 0.486. The smallest absolute Gasteiger partial charge is 0.112 e. The van der Waals surface area contributed by atoms with Crippen molar-refractivity contribution in [2.24, 2.45) is 0 Å². The molecule has 7 heteroatoms. The van der Waals surface area contributed by atoms with Crippen molar-refractivity contribution in [2.45, 2.75) is 0 Å². The van der Waals surface area contributed by atoms with Gasteiger partial charge in [0.05, 0.1) is 0 Å². The summed E-state index contributed by atoms with van der Waals surface area (Å²) in [6, 6.07) is 15.4. The van der Waals surface area contributed by atoms with E-state index in [9.17, 15) is 0 Å². The molecular weight excluding hydrogens is 292 g/mol. The van der Waals surface area contributed by atoms with E-state index in [1.807, 2.05) is 48.5 Å². The summed E-state index contributed by atoms with van der Waals surface area (Å²) in [4.78, 5) is 0. The number of fused-ring (bicyclic) bond motifs is 2. The van der Waals surface area contributed by atoms with E-state index in [0.29, 0.717) is 0 Å². The molecule has 0 aliphatic rings. The molecule has 6 nitrogen and oxygen atoms in total. The van der Waals surface area contributed by atoms with Gasteiger partial charge in [0.2, 0.25) is 0 Å². The molecule has 0 atom stereocenters. The molecule has 1 radical (unpaired) electrons. The van der Waals surface area contributed by atoms with Gasteiger partial charge in [-0.25, -0.2) is 0 Å². The molecule has 4 rings (SSSR count). The molecular formula is C12H10CuN6. The maximum Gasteiger partial charge on any atom is 0.112 e. The maximum absolute atomic E-state index is 3.88. The molecule has 4 aromatic rings. The molecule has 0 saturated heterocycles. The third-order valence-corrected chi connectivity index (χ3v) is 2.45. The number of nitrogens with one attached hydrogen (secondary N) is 2. The van der Waals surface area contributed by atoms with Gasteiger partial charge < -0.3 is 0 Å². The topological polar surface area (TPSA) is 83.1 Å². The third-order valence-electron chi connectivity index (χ3n) is 2.45. The maximum atomic E-state index is 3.88. The first-order chi connectivity index (χ1) is 8.93. The van der Waals surface area contributed by atoms with Crippen LogP contribution in [0.3, 0.4) is 0 Å². The summed E-state index contributed by atoms with van der Waals surface area (Å²) in [5.74, 6) is 0. The summed E-state index contributed by atoms with van der Waals surface area (Å²) in [6.07, 6.45) is 0. The van der Waals surface area contributed by atoms with Crippen LogP contribution in [0.4, 0.5) is 0 Å². The summed E-state index contributed by atoms with van der Waals surface area (Å²) >= 11 is 0. The number of para-hydroxylation sites is 4. The van der Waals surface area contributed by atoms with Crippen molar-refractivity contribution < 1.29 is 17.1 Å². The SMILES string of the molecule is [Cu].c1ccc2n[nH]nc2c1.c1ccc2n[nH]nc2c1. The standard InChI is InChI=1S/2C6H5N3.Cu/c2*1-2-4-6-5(3-1)7-9-8-6;/h2*1-4H,(H,7,8,9);. The Hall–Kier alpha value is -2.24. The number of nitrogens with zero attached hydrogens (tertiary/aromatic N) is 4. The van der Waals surface area contributed by atoms with Gasteiger partial charge in [-0.3, -0.25) is 0 Å². The van der Waals surface area contributed by atoms with Gasteiger partial charge in [-0.2, -0.15) is 30.8 Å². The normalized spacial score (nSPS) is 9.68. The number of aromatic amines is 2. The minimum Gasteiger partial charge on any atom is -0.197 e. The Kier molecular flexibility index (Phi) is 4.22. The van der Waals surface area contributed by atoms with Crippen molar-refractivity contribution in [2.75, 3.05) is 0 Å². The second-order valence-electron chi connectivity index (χ2n) is 3.62. The summed E-state index contributed by atoms with van der Waals surface area (Å²) in [7, 11) is 0. The van der Waals surface area contributed by atoms with Crippen molar-refractivity contribution in [1.29, 1.82) is 0 Å². The van der Waals surface area contributed by atoms with Crippen LogP contribution in [0.1, 0.15) is 0 Å². The predicted molar refractivity (Wildman–Crippen MR) is 67.8 cm³/mol. The van der Waals surface area contributed by atoms with Crippen LogP contribution in [0, 0.1) is 0 Å². The molecule has 0 fully saturated rings. The fraction of sp³-hybridized carbons (Fsp3) is 0. The zero-order chi connectivity index (χ0) is 12.2. The first-order valence-corrected chi connectivity index (χ1v) is 5.44. The van der Waals surface area contributed by atoms with Gasteiger partial charge >= 0.3 is 0 Å². The minimum absolute atomic E-state index is 0. The Morgan fingerprint density at radius 2 is 0.789 bits per heavy atom. The van der Waals surface area contributed by atoms with Gasteiger partial charge in [0.15, 0.2) is 0 Å². The number of aromatic nitrogens is 6. The Bertz CT molecular complexity index is 636. The number of hydrogen-bond acceptors (Lipinski definition) is 4. The van der Waals surface area contributed by atoms with Crippen LogP contribution in [0.2, 0.25) is 0 Å². The molecule has 0 saturated carbocycles. The third kappa shape index (κ3) is 2.96. The zero-order valence-corrected chi connectivity index (χ0v) is 10.7. The van der Waals surface area contributed by atoms with Crippen molar-refractivity contribution >= 4 is 22.1 Å². The van der Waals surface area contributed by atoms with Crippen LogP contribution in [-0.2, 0) is 17.1 Å². The van der Waals surface area contributed by atoms with Crippen LogP contribution in [0.25, 0.3) is 22.1 Å². The van der Waals surface area contributed by atoms with Crippen LogP contribution in [0.5, 0.6) is 0 Å². The van der Waals surface area contributed by atoms with E-state index in [1.165, 1.54) is 0 Å². The van der Waals surface area contributed by atoms with Gasteiger partial charge in [0, 0.05) is 17.1 Å². The first-order valence-electron chi connectivity index (χ1n) is 5.44. The van der Waals surface area contributed by atoms with E-state index < -0.39 is 0 Å². The molecule has 0 spiro atoms. The molecule has 99 valence electrons. The first kappa shape index (κ1) is 13.2. The Morgan fingerprint density at radius 1 is 0.526 bits per heavy atom. The molecule has 0 bridgehead atoms. The van der Waals surface area contributed by atoms with Crippen LogP contribution >= 0.6 is 0 Å². The predicted octanol–water partition coefficient (Wildman–Crippen LogP) is 1.91. The van der Waals surface area contributed by atoms with E-state index in [4.69, 9.17) is 0 Å². The number of H-pyrrole nitrogens is 2. The summed E-state index contributed by atoms with van der Waals surface area (Å²) in [6.45, 7) is 0. The van der Waals surface area contributed by atoms with Gasteiger partial charge in [-0.1, -0.05) is 24.3 Å². The fourth-order valence-electron chi connectivity index (χ4n) is 1.57. The molecule has 2 N–H and O–H groups in total. The average Bonchev–Trinajstić information content (AvgIpc) is 3.08. The molecule has 0 aliphatic heterocycles. The Labute approximate surface area is 119 Å². The summed E-state index contributed by atoms with van der Waals surface area (Å²) in [5, 5.41) is 20.6. The van der Waals surface area contributed by atoms with E-state index in [1.54, 1.807) is 0 Å². The Morgan fingerprint density at radius 3 is 1.05 bits per heavy atom. The van der Waals surface area contributed by atoms with Gasteiger partial charge in [-0.05, 0) is 24.3 Å². The van der Waals surface area contributed by atoms with E-state index in [0.717, 1.165) is 22.1 Å². The molecule has 0 amide bonds. The van der Waals surface area contributed by atoms with Crippen LogP contribution in [-0.4, -0.2) is 30.8 Å². The van der Waals surface area contributed by atoms with E-state index in [-0.39, 0.29) is 17.1 Å². The molecule has 0 aliphatic carbocycles. The largest absolute Gasteiger partial charge is 0.197 e. The van der Waals surface area contributed by atoms with Crippen LogP contribution in [0.15, 0.2) is 48.5 Å². The van der Waals surface area contributed by atoms with Crippen molar-refractivity contribution in [3.63, 3.8) is 0 Å². The van der Waals surface area contributed by atoms with Gasteiger partial charge in [0.1, 0.15) is 22.1 Å². The van der Waals surface area contributed by atoms with E-state index in [2.05, 4.69) is 30.8 Å². The Balaban J connectivity index is 0.000000133. The average molecular weight is 302 g/mol. The second-order valence-corrected chi connectivity index (χ2v) is 3.62. The molecule has 2 aromatic heterocycles. The number of rotatable bonds is 0.